The highest BCUT2D eigenvalue weighted by Crippen LogP contribution is 2.26. The highest BCUT2D eigenvalue weighted by molar-refractivity contribution is 5.66. The Balaban J connectivity index is 1.68. The van der Waals surface area contributed by atoms with E-state index in [0.29, 0.717) is 43.4 Å². The van der Waals surface area contributed by atoms with Crippen LogP contribution >= 0.6 is 0 Å². The van der Waals surface area contributed by atoms with Crippen LogP contribution in [0.5, 0.6) is 0 Å². The Kier molecular flexibility index (Phi) is 5.33. The Bertz CT molecular complexity index is 1010. The van der Waals surface area contributed by atoms with E-state index in [-0.39, 0.29) is 5.95 Å². The molecule has 0 unspecified atom stereocenters. The zero-order valence-corrected chi connectivity index (χ0v) is 15.6. The minimum Gasteiger partial charge on any atom is -0.353 e. The maximum Gasteiger partial charge on any atom is 0.229 e. The van der Waals surface area contributed by atoms with Gasteiger partial charge in [0.1, 0.15) is 5.82 Å². The lowest BCUT2D eigenvalue weighted by Gasteiger charge is -2.33. The van der Waals surface area contributed by atoms with Gasteiger partial charge in [0.2, 0.25) is 12.4 Å². The lowest BCUT2D eigenvalue weighted by Crippen LogP contribution is -2.46. The summed E-state index contributed by atoms with van der Waals surface area (Å²) in [6.07, 6.45) is 0.850. The van der Waals surface area contributed by atoms with Gasteiger partial charge in [-0.1, -0.05) is 30.3 Å². The monoisotopic (exact) mass is 395 g/mol. The molecular formula is C21H19F2N5O. The van der Waals surface area contributed by atoms with Gasteiger partial charge in [-0.05, 0) is 12.1 Å². The molecule has 1 aromatic heterocycles. The predicted octanol–water partition coefficient (Wildman–Crippen LogP) is 3.44. The first-order valence-corrected chi connectivity index (χ1v) is 9.23. The lowest BCUT2D eigenvalue weighted by atomic mass is 10.1. The van der Waals surface area contributed by atoms with Gasteiger partial charge in [0.25, 0.3) is 0 Å². The Morgan fingerprint density at radius 1 is 0.897 bits per heavy atom. The summed E-state index contributed by atoms with van der Waals surface area (Å²) in [5, 5.41) is 2.96. The Morgan fingerprint density at radius 3 is 2.34 bits per heavy atom. The van der Waals surface area contributed by atoms with Crippen molar-refractivity contribution < 1.29 is 13.6 Å². The molecule has 1 amide bonds. The van der Waals surface area contributed by atoms with Crippen LogP contribution in [0.15, 0.2) is 54.6 Å². The van der Waals surface area contributed by atoms with Gasteiger partial charge < -0.3 is 15.1 Å². The second-order valence-corrected chi connectivity index (χ2v) is 6.68. The molecule has 1 aliphatic rings. The van der Waals surface area contributed by atoms with E-state index in [9.17, 15) is 13.6 Å². The van der Waals surface area contributed by atoms with Crippen LogP contribution in [0, 0.1) is 11.6 Å². The average Bonchev–Trinajstić information content (AvgIpc) is 2.77. The van der Waals surface area contributed by atoms with Crippen molar-refractivity contribution >= 4 is 23.9 Å². The van der Waals surface area contributed by atoms with Crippen LogP contribution in [0.1, 0.15) is 0 Å². The van der Waals surface area contributed by atoms with E-state index in [4.69, 9.17) is 0 Å². The van der Waals surface area contributed by atoms with Crippen LogP contribution in [0.25, 0.3) is 11.3 Å². The summed E-state index contributed by atoms with van der Waals surface area (Å²) in [6.45, 7) is 2.52. The minimum atomic E-state index is -0.945. The van der Waals surface area contributed by atoms with Crippen molar-refractivity contribution in [3.63, 3.8) is 0 Å². The number of halogens is 2. The number of amides is 1. The summed E-state index contributed by atoms with van der Waals surface area (Å²) in [6, 6.07) is 15.1. The summed E-state index contributed by atoms with van der Waals surface area (Å²) < 4.78 is 26.8. The first-order chi connectivity index (χ1) is 14.1. The molecule has 1 saturated heterocycles. The maximum absolute atomic E-state index is 13.6. The number of carbonyl (C=O) groups is 1. The molecule has 1 aliphatic heterocycles. The molecule has 29 heavy (non-hydrogen) atoms. The second kappa shape index (κ2) is 8.22. The molecule has 0 atom stereocenters. The van der Waals surface area contributed by atoms with Crippen LogP contribution in [-0.2, 0) is 4.79 Å². The molecule has 0 saturated carbocycles. The van der Waals surface area contributed by atoms with Gasteiger partial charge in [0, 0.05) is 49.6 Å². The smallest absolute Gasteiger partial charge is 0.229 e. The van der Waals surface area contributed by atoms with E-state index in [0.717, 1.165) is 24.1 Å². The van der Waals surface area contributed by atoms with Gasteiger partial charge in [-0.2, -0.15) is 4.98 Å². The minimum absolute atomic E-state index is 0.283. The van der Waals surface area contributed by atoms with Crippen LogP contribution in [0.2, 0.25) is 0 Å². The number of anilines is 3. The third-order valence-electron chi connectivity index (χ3n) is 4.75. The molecule has 2 aromatic carbocycles. The number of hydrogen-bond donors (Lipinski definition) is 1. The first kappa shape index (κ1) is 18.8. The Labute approximate surface area is 166 Å². The average molecular weight is 395 g/mol. The van der Waals surface area contributed by atoms with Crippen LogP contribution in [0.4, 0.5) is 26.2 Å². The molecule has 1 N–H and O–H groups in total. The van der Waals surface area contributed by atoms with Gasteiger partial charge in [-0.15, -0.1) is 0 Å². The highest BCUT2D eigenvalue weighted by Gasteiger charge is 2.19. The van der Waals surface area contributed by atoms with Crippen molar-refractivity contribution in [2.24, 2.45) is 0 Å². The van der Waals surface area contributed by atoms with Crippen LogP contribution in [0.3, 0.4) is 0 Å². The molecule has 2 heterocycles. The van der Waals surface area contributed by atoms with E-state index >= 15 is 0 Å². The molecule has 8 heteroatoms. The summed E-state index contributed by atoms with van der Waals surface area (Å²) >= 11 is 0. The first-order valence-electron chi connectivity index (χ1n) is 9.23. The normalized spacial score (nSPS) is 14.0. The number of rotatable bonds is 5. The van der Waals surface area contributed by atoms with Gasteiger partial charge in [0.15, 0.2) is 11.6 Å². The van der Waals surface area contributed by atoms with Crippen molar-refractivity contribution in [1.82, 2.24) is 14.9 Å². The third-order valence-corrected chi connectivity index (χ3v) is 4.75. The maximum atomic E-state index is 13.6. The number of carbonyl (C=O) groups excluding carboxylic acids is 1. The molecule has 1 fully saturated rings. The van der Waals surface area contributed by atoms with E-state index in [1.165, 1.54) is 6.07 Å². The fourth-order valence-electron chi connectivity index (χ4n) is 3.17. The van der Waals surface area contributed by atoms with Crippen LogP contribution in [-0.4, -0.2) is 47.5 Å². The number of benzene rings is 2. The summed E-state index contributed by atoms with van der Waals surface area (Å²) in [5.41, 5.74) is 1.97. The van der Waals surface area contributed by atoms with Gasteiger partial charge >= 0.3 is 0 Å². The quantitative estimate of drug-likeness (QED) is 0.671. The molecule has 0 spiro atoms. The fourth-order valence-corrected chi connectivity index (χ4v) is 3.17. The summed E-state index contributed by atoms with van der Waals surface area (Å²) in [4.78, 5) is 23.9. The van der Waals surface area contributed by atoms with Crippen molar-refractivity contribution in [3.8, 4) is 11.3 Å². The number of aromatic nitrogens is 2. The van der Waals surface area contributed by atoms with Crippen molar-refractivity contribution in [2.75, 3.05) is 36.4 Å². The summed E-state index contributed by atoms with van der Waals surface area (Å²) in [5.74, 6) is -0.873. The Morgan fingerprint density at radius 2 is 1.66 bits per heavy atom. The Hall–Kier alpha value is -3.55. The standard InChI is InChI=1S/C21H19F2N5O/c22-17-7-6-16(12-18(17)23)24-21-25-19(15-4-2-1-3-5-15)13-20(26-21)28-10-8-27(14-29)9-11-28/h1-7,12-14H,8-11H2,(H,24,25,26). The molecule has 4 rings (SSSR count). The van der Waals surface area contributed by atoms with Crippen molar-refractivity contribution in [1.29, 1.82) is 0 Å². The molecule has 0 aliphatic carbocycles. The zero-order valence-electron chi connectivity index (χ0n) is 15.6. The topological polar surface area (TPSA) is 61.4 Å². The number of piperazine rings is 1. The van der Waals surface area contributed by atoms with E-state index in [1.807, 2.05) is 36.4 Å². The van der Waals surface area contributed by atoms with Crippen LogP contribution < -0.4 is 10.2 Å². The van der Waals surface area contributed by atoms with Crippen molar-refractivity contribution in [3.05, 3.63) is 66.2 Å². The van der Waals surface area contributed by atoms with Gasteiger partial charge in [0.05, 0.1) is 5.69 Å². The molecule has 6 nitrogen and oxygen atoms in total. The molecular weight excluding hydrogens is 376 g/mol. The second-order valence-electron chi connectivity index (χ2n) is 6.68. The molecule has 3 aromatic rings. The third kappa shape index (κ3) is 4.31. The van der Waals surface area contributed by atoms with E-state index in [2.05, 4.69) is 20.2 Å². The molecule has 148 valence electrons. The van der Waals surface area contributed by atoms with E-state index in [1.54, 1.807) is 4.90 Å². The number of nitrogens with one attached hydrogen (secondary N) is 1. The van der Waals surface area contributed by atoms with Gasteiger partial charge in [-0.3, -0.25) is 4.79 Å². The summed E-state index contributed by atoms with van der Waals surface area (Å²) in [7, 11) is 0. The SMILES string of the molecule is O=CN1CCN(c2cc(-c3ccccc3)nc(Nc3ccc(F)c(F)c3)n2)CC1. The number of nitrogens with zero attached hydrogens (tertiary/aromatic N) is 4. The van der Waals surface area contributed by atoms with Crippen molar-refractivity contribution in [2.45, 2.75) is 0 Å². The lowest BCUT2D eigenvalue weighted by molar-refractivity contribution is -0.118. The largest absolute Gasteiger partial charge is 0.353 e. The fraction of sp³-hybridized carbons (Fsp3) is 0.190. The van der Waals surface area contributed by atoms with Gasteiger partial charge in [-0.25, -0.2) is 13.8 Å². The molecule has 0 bridgehead atoms. The van der Waals surface area contributed by atoms with E-state index < -0.39 is 11.6 Å². The molecule has 0 radical (unpaired) electrons. The predicted molar refractivity (Wildman–Crippen MR) is 107 cm³/mol. The zero-order chi connectivity index (χ0) is 20.2. The number of hydrogen-bond acceptors (Lipinski definition) is 5. The highest BCUT2D eigenvalue weighted by atomic mass is 19.2.